The molecule has 2 aromatic carbocycles. The number of ether oxygens (including phenoxy) is 1. The molecule has 0 atom stereocenters. The fourth-order valence-electron chi connectivity index (χ4n) is 3.38. The minimum atomic E-state index is -4.14. The molecule has 2 nitrogen and oxygen atoms in total. The summed E-state index contributed by atoms with van der Waals surface area (Å²) < 4.78 is 74.5. The molecular weight excluding hydrogens is 365 g/mol. The zero-order valence-electron chi connectivity index (χ0n) is 14.2. The molecule has 27 heavy (non-hydrogen) atoms. The molecule has 0 amide bonds. The first-order chi connectivity index (χ1) is 12.8. The standard InChI is InChI=1S/C20H16F5NO/c21-17-9-14(10-18(22)15(17)11-26)27-20(24,25)16-7-6-13(8-19(16)23)12-4-2-1-3-5-12/h6-10,12H,1-5H2. The third-order valence-electron chi connectivity index (χ3n) is 4.76. The molecule has 142 valence electrons. The highest BCUT2D eigenvalue weighted by Crippen LogP contribution is 2.37. The third kappa shape index (κ3) is 4.05. The molecule has 0 heterocycles. The summed E-state index contributed by atoms with van der Waals surface area (Å²) >= 11 is 0. The van der Waals surface area contributed by atoms with Gasteiger partial charge in [-0.3, -0.25) is 0 Å². The molecule has 0 aliphatic heterocycles. The lowest BCUT2D eigenvalue weighted by Gasteiger charge is -2.23. The predicted molar refractivity (Wildman–Crippen MR) is 87.8 cm³/mol. The number of nitrogens with zero attached hydrogens (tertiary/aromatic N) is 1. The highest BCUT2D eigenvalue weighted by molar-refractivity contribution is 5.38. The second kappa shape index (κ2) is 7.55. The van der Waals surface area contributed by atoms with E-state index in [0.29, 0.717) is 17.7 Å². The monoisotopic (exact) mass is 381 g/mol. The van der Waals surface area contributed by atoms with E-state index in [1.54, 1.807) is 0 Å². The Morgan fingerprint density at radius 3 is 2.11 bits per heavy atom. The average molecular weight is 381 g/mol. The number of hydrogen-bond donors (Lipinski definition) is 0. The van der Waals surface area contributed by atoms with Crippen molar-refractivity contribution >= 4 is 0 Å². The van der Waals surface area contributed by atoms with E-state index in [2.05, 4.69) is 4.74 Å². The van der Waals surface area contributed by atoms with Crippen LogP contribution in [-0.2, 0) is 6.11 Å². The van der Waals surface area contributed by atoms with E-state index in [-0.39, 0.29) is 5.92 Å². The summed E-state index contributed by atoms with van der Waals surface area (Å²) in [6, 6.07) is 5.65. The van der Waals surface area contributed by atoms with Gasteiger partial charge in [0.1, 0.15) is 34.8 Å². The molecule has 3 rings (SSSR count). The van der Waals surface area contributed by atoms with Gasteiger partial charge in [-0.15, -0.1) is 0 Å². The van der Waals surface area contributed by atoms with Crippen LogP contribution < -0.4 is 4.74 Å². The second-order valence-electron chi connectivity index (χ2n) is 6.57. The van der Waals surface area contributed by atoms with E-state index < -0.39 is 40.4 Å². The number of benzene rings is 2. The molecule has 1 saturated carbocycles. The van der Waals surface area contributed by atoms with Gasteiger partial charge in [0.15, 0.2) is 0 Å². The number of rotatable bonds is 4. The lowest BCUT2D eigenvalue weighted by atomic mass is 9.84. The van der Waals surface area contributed by atoms with Crippen LogP contribution >= 0.6 is 0 Å². The molecule has 0 bridgehead atoms. The van der Waals surface area contributed by atoms with E-state index in [9.17, 15) is 22.0 Å². The van der Waals surface area contributed by atoms with Crippen LogP contribution in [0.1, 0.15) is 54.7 Å². The van der Waals surface area contributed by atoms with E-state index >= 15 is 0 Å². The SMILES string of the molecule is N#Cc1c(F)cc(OC(F)(F)c2ccc(C3CCCCC3)cc2F)cc1F. The smallest absolute Gasteiger partial charge is 0.429 e. The van der Waals surface area contributed by atoms with Crippen molar-refractivity contribution in [1.82, 2.24) is 0 Å². The van der Waals surface area contributed by atoms with Crippen molar-refractivity contribution in [3.8, 4) is 11.8 Å². The Kier molecular flexibility index (Phi) is 5.36. The fraction of sp³-hybridized carbons (Fsp3) is 0.350. The molecule has 0 aromatic heterocycles. The van der Waals surface area contributed by atoms with Gasteiger partial charge in [-0.05, 0) is 36.5 Å². The molecule has 2 aromatic rings. The van der Waals surface area contributed by atoms with Crippen LogP contribution in [0.2, 0.25) is 0 Å². The maximum Gasteiger partial charge on any atom is 0.429 e. The maximum atomic E-state index is 14.4. The Balaban J connectivity index is 1.85. The Morgan fingerprint density at radius 1 is 0.926 bits per heavy atom. The maximum absolute atomic E-state index is 14.4. The molecule has 1 fully saturated rings. The minimum Gasteiger partial charge on any atom is -0.429 e. The van der Waals surface area contributed by atoms with Crippen molar-refractivity contribution in [3.05, 3.63) is 64.5 Å². The first kappa shape index (κ1) is 19.2. The van der Waals surface area contributed by atoms with Crippen LogP contribution in [0.15, 0.2) is 30.3 Å². The zero-order valence-corrected chi connectivity index (χ0v) is 14.2. The summed E-state index contributed by atoms with van der Waals surface area (Å²) in [6.45, 7) is 0. The molecule has 0 radical (unpaired) electrons. The largest absolute Gasteiger partial charge is 0.429 e. The van der Waals surface area contributed by atoms with Crippen molar-refractivity contribution in [2.45, 2.75) is 44.1 Å². The van der Waals surface area contributed by atoms with E-state index in [0.717, 1.165) is 44.2 Å². The molecule has 1 aliphatic carbocycles. The van der Waals surface area contributed by atoms with Crippen molar-refractivity contribution in [2.24, 2.45) is 0 Å². The van der Waals surface area contributed by atoms with Gasteiger partial charge in [-0.1, -0.05) is 25.3 Å². The van der Waals surface area contributed by atoms with Crippen LogP contribution in [0.3, 0.4) is 0 Å². The Bertz CT molecular complexity index is 861. The van der Waals surface area contributed by atoms with Crippen LogP contribution in [0.4, 0.5) is 22.0 Å². The summed E-state index contributed by atoms with van der Waals surface area (Å²) in [5.41, 5.74) is -1.27. The number of nitriles is 1. The fourth-order valence-corrected chi connectivity index (χ4v) is 3.38. The summed E-state index contributed by atoms with van der Waals surface area (Å²) in [6.07, 6.45) is 0.778. The molecule has 0 saturated heterocycles. The first-order valence-corrected chi connectivity index (χ1v) is 8.57. The lowest BCUT2D eigenvalue weighted by molar-refractivity contribution is -0.187. The van der Waals surface area contributed by atoms with Gasteiger partial charge in [-0.2, -0.15) is 14.0 Å². The third-order valence-corrected chi connectivity index (χ3v) is 4.76. The normalized spacial score (nSPS) is 15.4. The van der Waals surface area contributed by atoms with Gasteiger partial charge in [0.05, 0.1) is 5.56 Å². The van der Waals surface area contributed by atoms with Gasteiger partial charge >= 0.3 is 6.11 Å². The Morgan fingerprint density at radius 2 is 1.56 bits per heavy atom. The van der Waals surface area contributed by atoms with Crippen LogP contribution in [0, 0.1) is 28.8 Å². The first-order valence-electron chi connectivity index (χ1n) is 8.57. The summed E-state index contributed by atoms with van der Waals surface area (Å²) in [4.78, 5) is 0. The molecule has 0 spiro atoms. The summed E-state index contributed by atoms with van der Waals surface area (Å²) in [7, 11) is 0. The second-order valence-corrected chi connectivity index (χ2v) is 6.57. The van der Waals surface area contributed by atoms with Crippen molar-refractivity contribution in [1.29, 1.82) is 5.26 Å². The molecule has 7 heteroatoms. The number of halogens is 5. The summed E-state index contributed by atoms with van der Waals surface area (Å²) in [5, 5.41) is 8.60. The quantitative estimate of drug-likeness (QED) is 0.595. The predicted octanol–water partition coefficient (Wildman–Crippen LogP) is 6.15. The molecule has 0 N–H and O–H groups in total. The van der Waals surface area contributed by atoms with Crippen LogP contribution in [0.5, 0.6) is 5.75 Å². The summed E-state index contributed by atoms with van der Waals surface area (Å²) in [5.74, 6) is -4.52. The lowest BCUT2D eigenvalue weighted by Crippen LogP contribution is -2.24. The van der Waals surface area contributed by atoms with Crippen LogP contribution in [0.25, 0.3) is 0 Å². The topological polar surface area (TPSA) is 33.0 Å². The van der Waals surface area contributed by atoms with Gasteiger partial charge in [0.25, 0.3) is 0 Å². The van der Waals surface area contributed by atoms with Gasteiger partial charge in [0, 0.05) is 12.1 Å². The minimum absolute atomic E-state index is 0.138. The van der Waals surface area contributed by atoms with Crippen molar-refractivity contribution in [3.63, 3.8) is 0 Å². The Hall–Kier alpha value is -2.62. The van der Waals surface area contributed by atoms with Crippen LogP contribution in [-0.4, -0.2) is 0 Å². The zero-order chi connectivity index (χ0) is 19.6. The molecule has 0 unspecified atom stereocenters. The highest BCUT2D eigenvalue weighted by atomic mass is 19.3. The number of hydrogen-bond acceptors (Lipinski definition) is 2. The van der Waals surface area contributed by atoms with Crippen molar-refractivity contribution < 1.29 is 26.7 Å². The van der Waals surface area contributed by atoms with Gasteiger partial charge < -0.3 is 4.74 Å². The highest BCUT2D eigenvalue weighted by Gasteiger charge is 2.38. The number of alkyl halides is 2. The van der Waals surface area contributed by atoms with Gasteiger partial charge in [-0.25, -0.2) is 13.2 Å². The average Bonchev–Trinajstić information content (AvgIpc) is 2.61. The Labute approximate surface area is 153 Å². The molecule has 1 aliphatic rings. The molecular formula is C20H16F5NO. The van der Waals surface area contributed by atoms with E-state index in [1.807, 2.05) is 0 Å². The van der Waals surface area contributed by atoms with E-state index in [1.165, 1.54) is 12.1 Å². The van der Waals surface area contributed by atoms with Gasteiger partial charge in [0.2, 0.25) is 0 Å². The van der Waals surface area contributed by atoms with Crippen molar-refractivity contribution in [2.75, 3.05) is 0 Å². The van der Waals surface area contributed by atoms with E-state index in [4.69, 9.17) is 5.26 Å².